The first-order chi connectivity index (χ1) is 9.23. The predicted molar refractivity (Wildman–Crippen MR) is 85.4 cm³/mol. The van der Waals surface area contributed by atoms with E-state index in [0.717, 1.165) is 25.2 Å². The molecule has 2 unspecified atom stereocenters. The fraction of sp³-hybridized carbons (Fsp3) is 0.778. The van der Waals surface area contributed by atoms with E-state index in [1.165, 1.54) is 5.57 Å². The van der Waals surface area contributed by atoms with Crippen molar-refractivity contribution < 1.29 is 9.84 Å². The molecule has 0 aromatic heterocycles. The highest BCUT2D eigenvalue weighted by Gasteiger charge is 2.27. The van der Waals surface area contributed by atoms with Gasteiger partial charge in [0.05, 0.1) is 12.7 Å². The molecule has 0 spiro atoms. The Morgan fingerprint density at radius 2 is 2.00 bits per heavy atom. The van der Waals surface area contributed by atoms with Gasteiger partial charge in [0.25, 0.3) is 0 Å². The van der Waals surface area contributed by atoms with Crippen LogP contribution in [0.4, 0.5) is 0 Å². The van der Waals surface area contributed by atoms with Crippen LogP contribution in [0.25, 0.3) is 0 Å². The molecule has 2 heteroatoms. The molecule has 0 bridgehead atoms. The quantitative estimate of drug-likeness (QED) is 0.791. The lowest BCUT2D eigenvalue weighted by Gasteiger charge is -2.16. The van der Waals surface area contributed by atoms with Crippen molar-refractivity contribution in [1.82, 2.24) is 0 Å². The zero-order valence-corrected chi connectivity index (χ0v) is 14.1. The van der Waals surface area contributed by atoms with E-state index in [2.05, 4.69) is 53.7 Å². The summed E-state index contributed by atoms with van der Waals surface area (Å²) in [5.74, 6) is 2.03. The molecule has 0 aliphatic carbocycles. The minimum Gasteiger partial charge on any atom is -0.493 e. The highest BCUT2D eigenvalue weighted by Crippen LogP contribution is 2.35. The number of rotatable bonds is 5. The maximum atomic E-state index is 10.0. The molecular formula is C18H32O2. The topological polar surface area (TPSA) is 29.5 Å². The van der Waals surface area contributed by atoms with Crippen molar-refractivity contribution in [3.63, 3.8) is 0 Å². The van der Waals surface area contributed by atoms with Crippen LogP contribution in [0, 0.1) is 17.3 Å². The van der Waals surface area contributed by atoms with Crippen LogP contribution in [-0.2, 0) is 4.74 Å². The fourth-order valence-electron chi connectivity index (χ4n) is 2.62. The molecule has 1 aliphatic heterocycles. The third-order valence-electron chi connectivity index (χ3n) is 3.56. The van der Waals surface area contributed by atoms with E-state index in [0.29, 0.717) is 18.3 Å². The number of hydrogen-bond donors (Lipinski definition) is 1. The van der Waals surface area contributed by atoms with E-state index in [1.54, 1.807) is 0 Å². The molecule has 2 atom stereocenters. The van der Waals surface area contributed by atoms with Crippen LogP contribution in [0.1, 0.15) is 60.8 Å². The predicted octanol–water partition coefficient (Wildman–Crippen LogP) is 4.70. The van der Waals surface area contributed by atoms with Crippen LogP contribution in [-0.4, -0.2) is 17.8 Å². The summed E-state index contributed by atoms with van der Waals surface area (Å²) in [6, 6.07) is 0. The summed E-state index contributed by atoms with van der Waals surface area (Å²) in [6.07, 6.45) is 6.79. The third-order valence-corrected chi connectivity index (χ3v) is 3.56. The van der Waals surface area contributed by atoms with Gasteiger partial charge in [-0.25, -0.2) is 0 Å². The Bertz CT molecular complexity index is 358. The molecule has 116 valence electrons. The summed E-state index contributed by atoms with van der Waals surface area (Å²) < 4.78 is 5.85. The summed E-state index contributed by atoms with van der Waals surface area (Å²) in [6.45, 7) is 13.9. The van der Waals surface area contributed by atoms with Crippen molar-refractivity contribution in [2.24, 2.45) is 17.3 Å². The van der Waals surface area contributed by atoms with Gasteiger partial charge in [0.15, 0.2) is 0 Å². The molecule has 20 heavy (non-hydrogen) atoms. The highest BCUT2D eigenvalue weighted by molar-refractivity contribution is 5.33. The molecule has 0 radical (unpaired) electrons. The zero-order valence-electron chi connectivity index (χ0n) is 14.1. The van der Waals surface area contributed by atoms with Crippen LogP contribution in [0.5, 0.6) is 0 Å². The molecular weight excluding hydrogens is 248 g/mol. The summed E-state index contributed by atoms with van der Waals surface area (Å²) in [4.78, 5) is 0. The van der Waals surface area contributed by atoms with Gasteiger partial charge >= 0.3 is 0 Å². The molecule has 1 N–H and O–H groups in total. The second-order valence-electron chi connectivity index (χ2n) is 7.47. The number of aliphatic hydroxyl groups is 1. The lowest BCUT2D eigenvalue weighted by atomic mass is 9.87. The molecule has 1 saturated heterocycles. The van der Waals surface area contributed by atoms with Gasteiger partial charge < -0.3 is 9.84 Å². The first-order valence-electron chi connectivity index (χ1n) is 7.97. The maximum absolute atomic E-state index is 10.0. The number of hydrogen-bond acceptors (Lipinski definition) is 2. The largest absolute Gasteiger partial charge is 0.493 e. The molecule has 0 amide bonds. The van der Waals surface area contributed by atoms with Crippen LogP contribution in [0.3, 0.4) is 0 Å². The normalized spacial score (nSPS) is 25.5. The minimum absolute atomic E-state index is 0.159. The van der Waals surface area contributed by atoms with Crippen molar-refractivity contribution in [3.05, 3.63) is 23.5 Å². The molecule has 0 saturated carbocycles. The summed E-state index contributed by atoms with van der Waals surface area (Å²) >= 11 is 0. The van der Waals surface area contributed by atoms with E-state index >= 15 is 0 Å². The second kappa shape index (κ2) is 7.31. The monoisotopic (exact) mass is 280 g/mol. The van der Waals surface area contributed by atoms with Crippen molar-refractivity contribution >= 4 is 0 Å². The zero-order chi connectivity index (χ0) is 15.3. The van der Waals surface area contributed by atoms with E-state index in [4.69, 9.17) is 4.74 Å². The Labute approximate surface area is 124 Å². The summed E-state index contributed by atoms with van der Waals surface area (Å²) in [5, 5.41) is 10.0. The minimum atomic E-state index is -0.261. The Morgan fingerprint density at radius 1 is 1.35 bits per heavy atom. The van der Waals surface area contributed by atoms with Gasteiger partial charge in [-0.05, 0) is 42.2 Å². The first-order valence-corrected chi connectivity index (χ1v) is 7.97. The summed E-state index contributed by atoms with van der Waals surface area (Å²) in [5.41, 5.74) is 1.49. The van der Waals surface area contributed by atoms with Crippen LogP contribution in [0.15, 0.2) is 23.5 Å². The molecule has 1 rings (SSSR count). The fourth-order valence-corrected chi connectivity index (χ4v) is 2.62. The number of allylic oxidation sites excluding steroid dienone is 2. The Balaban J connectivity index is 2.79. The molecule has 1 heterocycles. The van der Waals surface area contributed by atoms with Gasteiger partial charge in [-0.15, -0.1) is 0 Å². The van der Waals surface area contributed by atoms with Gasteiger partial charge in [0.1, 0.15) is 5.76 Å². The van der Waals surface area contributed by atoms with Gasteiger partial charge in [-0.2, -0.15) is 0 Å². The molecule has 1 aliphatic rings. The standard InChI is InChI=1S/C18H32O2/c1-7-14-12-20-17(16(14)11-18(4,5)6)9-8-15(19)10-13(2)3/h9,11,13-15,19H,7-8,10,12H2,1-6H3/b16-11-,17-9+. The highest BCUT2D eigenvalue weighted by atomic mass is 16.5. The number of ether oxygens (including phenoxy) is 1. The van der Waals surface area contributed by atoms with Crippen LogP contribution < -0.4 is 0 Å². The average Bonchev–Trinajstić information content (AvgIpc) is 2.65. The molecule has 0 aromatic carbocycles. The molecule has 2 nitrogen and oxygen atoms in total. The van der Waals surface area contributed by atoms with Gasteiger partial charge in [0.2, 0.25) is 0 Å². The van der Waals surface area contributed by atoms with Crippen LogP contribution in [0.2, 0.25) is 0 Å². The molecule has 1 fully saturated rings. The average molecular weight is 280 g/mol. The summed E-state index contributed by atoms with van der Waals surface area (Å²) in [7, 11) is 0. The Hall–Kier alpha value is -0.760. The van der Waals surface area contributed by atoms with Gasteiger partial charge in [0, 0.05) is 5.92 Å². The second-order valence-corrected chi connectivity index (χ2v) is 7.47. The lowest BCUT2D eigenvalue weighted by Crippen LogP contribution is -2.09. The van der Waals surface area contributed by atoms with Crippen molar-refractivity contribution in [3.8, 4) is 0 Å². The van der Waals surface area contributed by atoms with Crippen molar-refractivity contribution in [2.45, 2.75) is 66.9 Å². The third kappa shape index (κ3) is 5.70. The van der Waals surface area contributed by atoms with Crippen molar-refractivity contribution in [2.75, 3.05) is 6.61 Å². The smallest absolute Gasteiger partial charge is 0.118 e. The van der Waals surface area contributed by atoms with Gasteiger partial charge in [-0.1, -0.05) is 47.6 Å². The van der Waals surface area contributed by atoms with Crippen molar-refractivity contribution in [1.29, 1.82) is 0 Å². The van der Waals surface area contributed by atoms with Gasteiger partial charge in [-0.3, -0.25) is 0 Å². The first kappa shape index (κ1) is 17.3. The van der Waals surface area contributed by atoms with E-state index in [-0.39, 0.29) is 11.5 Å². The Kier molecular flexibility index (Phi) is 6.32. The maximum Gasteiger partial charge on any atom is 0.118 e. The van der Waals surface area contributed by atoms with E-state index in [9.17, 15) is 5.11 Å². The van der Waals surface area contributed by atoms with E-state index in [1.807, 2.05) is 0 Å². The van der Waals surface area contributed by atoms with Crippen LogP contribution >= 0.6 is 0 Å². The molecule has 0 aromatic rings. The number of aliphatic hydroxyl groups excluding tert-OH is 1. The van der Waals surface area contributed by atoms with E-state index < -0.39 is 0 Å². The SMILES string of the molecule is CCC1COC(=C/CC(O)CC(C)C)/C1=C\C(C)(C)C. The Morgan fingerprint density at radius 3 is 2.50 bits per heavy atom. The lowest BCUT2D eigenvalue weighted by molar-refractivity contribution is 0.150.